The standard InChI is InChI=1S/C23H29N3O2.HI/c1-16-8-9-18(22(12-16)28-19-10-11-27-15-19)14-25-23(24-2)26-21-13-20(21)17-6-4-3-5-7-17;/h3-9,12,19-21H,10-11,13-15H2,1-2H3,(H2,24,25,26);1H. The molecule has 156 valence electrons. The van der Waals surface area contributed by atoms with Gasteiger partial charge in [-0.15, -0.1) is 24.0 Å². The van der Waals surface area contributed by atoms with Crippen molar-refractivity contribution in [3.05, 3.63) is 65.2 Å². The summed E-state index contributed by atoms with van der Waals surface area (Å²) in [4.78, 5) is 4.40. The largest absolute Gasteiger partial charge is 0.488 e. The monoisotopic (exact) mass is 507 g/mol. The maximum Gasteiger partial charge on any atom is 0.191 e. The number of ether oxygens (including phenoxy) is 2. The first-order chi connectivity index (χ1) is 13.7. The predicted molar refractivity (Wildman–Crippen MR) is 127 cm³/mol. The lowest BCUT2D eigenvalue weighted by molar-refractivity contribution is 0.140. The summed E-state index contributed by atoms with van der Waals surface area (Å²) in [6, 6.07) is 17.5. The van der Waals surface area contributed by atoms with Crippen LogP contribution in [0.5, 0.6) is 5.75 Å². The zero-order valence-electron chi connectivity index (χ0n) is 17.1. The van der Waals surface area contributed by atoms with Crippen molar-refractivity contribution in [2.24, 2.45) is 4.99 Å². The number of rotatable bonds is 6. The van der Waals surface area contributed by atoms with Crippen LogP contribution in [-0.4, -0.2) is 38.4 Å². The normalized spacial score (nSPS) is 23.2. The van der Waals surface area contributed by atoms with Gasteiger partial charge in [0.1, 0.15) is 11.9 Å². The second-order valence-corrected chi connectivity index (χ2v) is 7.64. The molecule has 3 unspecified atom stereocenters. The van der Waals surface area contributed by atoms with Gasteiger partial charge in [0, 0.05) is 37.5 Å². The quantitative estimate of drug-likeness (QED) is 0.353. The minimum atomic E-state index is 0. The summed E-state index contributed by atoms with van der Waals surface area (Å²) in [7, 11) is 1.82. The second-order valence-electron chi connectivity index (χ2n) is 7.64. The Hall–Kier alpha value is -1.80. The maximum atomic E-state index is 6.20. The summed E-state index contributed by atoms with van der Waals surface area (Å²) in [5.41, 5.74) is 3.73. The highest BCUT2D eigenvalue weighted by atomic mass is 127. The number of aryl methyl sites for hydroxylation is 1. The molecular weight excluding hydrogens is 477 g/mol. The van der Waals surface area contributed by atoms with E-state index in [0.29, 0.717) is 25.1 Å². The first kappa shape index (κ1) is 21.9. The van der Waals surface area contributed by atoms with Gasteiger partial charge in [-0.1, -0.05) is 42.5 Å². The van der Waals surface area contributed by atoms with Crippen molar-refractivity contribution in [3.8, 4) is 5.75 Å². The van der Waals surface area contributed by atoms with Gasteiger partial charge in [-0.3, -0.25) is 4.99 Å². The number of hydrogen-bond donors (Lipinski definition) is 2. The van der Waals surface area contributed by atoms with E-state index in [2.05, 4.69) is 71.1 Å². The molecule has 2 fully saturated rings. The number of halogens is 1. The molecule has 0 radical (unpaired) electrons. The van der Waals surface area contributed by atoms with Crippen LogP contribution in [0.2, 0.25) is 0 Å². The van der Waals surface area contributed by atoms with E-state index in [-0.39, 0.29) is 30.1 Å². The number of benzene rings is 2. The molecule has 2 aliphatic rings. The average molecular weight is 507 g/mol. The van der Waals surface area contributed by atoms with E-state index in [1.807, 2.05) is 7.05 Å². The highest BCUT2D eigenvalue weighted by Crippen LogP contribution is 2.40. The van der Waals surface area contributed by atoms with Gasteiger partial charge < -0.3 is 20.1 Å². The zero-order valence-corrected chi connectivity index (χ0v) is 19.4. The summed E-state index contributed by atoms with van der Waals surface area (Å²) in [5.74, 6) is 2.34. The van der Waals surface area contributed by atoms with E-state index in [4.69, 9.17) is 9.47 Å². The molecule has 4 rings (SSSR count). The third-order valence-electron chi connectivity index (χ3n) is 5.41. The SMILES string of the molecule is CN=C(NCc1ccc(C)cc1OC1CCOC1)NC1CC1c1ccccc1.I. The highest BCUT2D eigenvalue weighted by Gasteiger charge is 2.38. The molecule has 2 aromatic rings. The lowest BCUT2D eigenvalue weighted by Crippen LogP contribution is -2.38. The fourth-order valence-electron chi connectivity index (χ4n) is 3.68. The third-order valence-corrected chi connectivity index (χ3v) is 5.41. The Bertz CT molecular complexity index is 822. The molecule has 29 heavy (non-hydrogen) atoms. The van der Waals surface area contributed by atoms with Gasteiger partial charge in [0.15, 0.2) is 5.96 Å². The zero-order chi connectivity index (χ0) is 19.3. The molecule has 3 atom stereocenters. The molecule has 0 aromatic heterocycles. The Morgan fingerprint density at radius 2 is 2.03 bits per heavy atom. The molecule has 2 N–H and O–H groups in total. The van der Waals surface area contributed by atoms with Crippen LogP contribution < -0.4 is 15.4 Å². The number of nitrogens with one attached hydrogen (secondary N) is 2. The van der Waals surface area contributed by atoms with Crippen LogP contribution >= 0.6 is 24.0 Å². The Balaban J connectivity index is 0.00000240. The molecular formula is C23H30IN3O2. The minimum absolute atomic E-state index is 0. The fraction of sp³-hybridized carbons (Fsp3) is 0.435. The summed E-state index contributed by atoms with van der Waals surface area (Å²) in [6.45, 7) is 4.22. The van der Waals surface area contributed by atoms with E-state index in [1.54, 1.807) is 0 Å². The number of guanidine groups is 1. The lowest BCUT2D eigenvalue weighted by atomic mass is 10.1. The molecule has 6 heteroatoms. The van der Waals surface area contributed by atoms with Crippen molar-refractivity contribution in [1.29, 1.82) is 0 Å². The van der Waals surface area contributed by atoms with Crippen molar-refractivity contribution in [2.75, 3.05) is 20.3 Å². The topological polar surface area (TPSA) is 54.9 Å². The van der Waals surface area contributed by atoms with Gasteiger partial charge in [0.25, 0.3) is 0 Å². The Morgan fingerprint density at radius 3 is 2.76 bits per heavy atom. The highest BCUT2D eigenvalue weighted by molar-refractivity contribution is 14.0. The predicted octanol–water partition coefficient (Wildman–Crippen LogP) is 4.00. The third kappa shape index (κ3) is 5.85. The van der Waals surface area contributed by atoms with Gasteiger partial charge in [-0.2, -0.15) is 0 Å². The first-order valence-electron chi connectivity index (χ1n) is 10.1. The van der Waals surface area contributed by atoms with Crippen LogP contribution in [-0.2, 0) is 11.3 Å². The molecule has 1 aliphatic heterocycles. The summed E-state index contributed by atoms with van der Waals surface area (Å²) < 4.78 is 11.6. The van der Waals surface area contributed by atoms with Crippen LogP contribution in [0.4, 0.5) is 0 Å². The van der Waals surface area contributed by atoms with Crippen LogP contribution in [0.3, 0.4) is 0 Å². The van der Waals surface area contributed by atoms with E-state index in [9.17, 15) is 0 Å². The Labute approximate surface area is 190 Å². The Morgan fingerprint density at radius 1 is 1.21 bits per heavy atom. The molecule has 0 spiro atoms. The lowest BCUT2D eigenvalue weighted by Gasteiger charge is -2.18. The summed E-state index contributed by atoms with van der Waals surface area (Å²) >= 11 is 0. The minimum Gasteiger partial charge on any atom is -0.488 e. The first-order valence-corrected chi connectivity index (χ1v) is 10.1. The van der Waals surface area contributed by atoms with Crippen LogP contribution in [0.15, 0.2) is 53.5 Å². The van der Waals surface area contributed by atoms with E-state index in [0.717, 1.165) is 36.7 Å². The fourth-order valence-corrected chi connectivity index (χ4v) is 3.68. The Kier molecular flexibility index (Phi) is 7.77. The van der Waals surface area contributed by atoms with E-state index in [1.165, 1.54) is 11.1 Å². The molecule has 0 bridgehead atoms. The summed E-state index contributed by atoms with van der Waals surface area (Å²) in [6.07, 6.45) is 2.24. The van der Waals surface area contributed by atoms with Gasteiger partial charge in [0.05, 0.1) is 13.2 Å². The van der Waals surface area contributed by atoms with Gasteiger partial charge >= 0.3 is 0 Å². The molecule has 5 nitrogen and oxygen atoms in total. The van der Waals surface area contributed by atoms with Crippen molar-refractivity contribution in [3.63, 3.8) is 0 Å². The molecule has 1 aliphatic carbocycles. The molecule has 1 saturated carbocycles. The number of hydrogen-bond acceptors (Lipinski definition) is 3. The van der Waals surface area contributed by atoms with E-state index < -0.39 is 0 Å². The van der Waals surface area contributed by atoms with Crippen molar-refractivity contribution in [1.82, 2.24) is 10.6 Å². The van der Waals surface area contributed by atoms with Gasteiger partial charge in [0.2, 0.25) is 0 Å². The number of aliphatic imine (C=N–C) groups is 1. The summed E-state index contributed by atoms with van der Waals surface area (Å²) in [5, 5.41) is 6.98. The van der Waals surface area contributed by atoms with Crippen molar-refractivity contribution < 1.29 is 9.47 Å². The second kappa shape index (κ2) is 10.3. The van der Waals surface area contributed by atoms with Gasteiger partial charge in [-0.05, 0) is 30.5 Å². The average Bonchev–Trinajstić information content (AvgIpc) is 3.30. The molecule has 1 heterocycles. The van der Waals surface area contributed by atoms with Crippen molar-refractivity contribution >= 4 is 29.9 Å². The number of nitrogens with zero attached hydrogens (tertiary/aromatic N) is 1. The van der Waals surface area contributed by atoms with Gasteiger partial charge in [-0.25, -0.2) is 0 Å². The molecule has 0 amide bonds. The maximum absolute atomic E-state index is 6.20. The van der Waals surface area contributed by atoms with Crippen LogP contribution in [0.25, 0.3) is 0 Å². The smallest absolute Gasteiger partial charge is 0.191 e. The molecule has 2 aromatic carbocycles. The molecule has 1 saturated heterocycles. The van der Waals surface area contributed by atoms with Crippen LogP contribution in [0, 0.1) is 6.92 Å². The van der Waals surface area contributed by atoms with Crippen LogP contribution in [0.1, 0.15) is 35.4 Å². The van der Waals surface area contributed by atoms with E-state index >= 15 is 0 Å². The van der Waals surface area contributed by atoms with Crippen molar-refractivity contribution in [2.45, 2.75) is 44.4 Å².